The molecule has 0 spiro atoms. The van der Waals surface area contributed by atoms with Crippen molar-refractivity contribution in [3.63, 3.8) is 0 Å². The summed E-state index contributed by atoms with van der Waals surface area (Å²) in [7, 11) is 0. The van der Waals surface area contributed by atoms with E-state index in [-0.39, 0.29) is 5.91 Å². The molecule has 0 unspecified atom stereocenters. The zero-order chi connectivity index (χ0) is 13.0. The third-order valence-corrected chi connectivity index (χ3v) is 3.85. The molecule has 0 bridgehead atoms. The Bertz CT molecular complexity index is 502. The maximum atomic E-state index is 11.6. The van der Waals surface area contributed by atoms with Gasteiger partial charge >= 0.3 is 0 Å². The van der Waals surface area contributed by atoms with Gasteiger partial charge in [0.1, 0.15) is 6.26 Å². The maximum Gasteiger partial charge on any atom is 0.254 e. The Morgan fingerprint density at radius 3 is 2.94 bits per heavy atom. The van der Waals surface area contributed by atoms with E-state index in [1.54, 1.807) is 24.3 Å². The number of hydrogen-bond donors (Lipinski definition) is 2. The molecule has 1 atom stereocenters. The fraction of sp³-hybridized carbons (Fsp3) is 0.308. The third-order valence-electron chi connectivity index (χ3n) is 2.53. The molecule has 5 heteroatoms. The van der Waals surface area contributed by atoms with Crippen LogP contribution in [0, 0.1) is 0 Å². The summed E-state index contributed by atoms with van der Waals surface area (Å²) >= 11 is 1.57. The first-order valence-corrected chi connectivity index (χ1v) is 6.55. The van der Waals surface area contributed by atoms with Crippen molar-refractivity contribution in [1.82, 2.24) is 5.32 Å². The summed E-state index contributed by atoms with van der Waals surface area (Å²) in [6.45, 7) is 2.32. The molecule has 4 nitrogen and oxygen atoms in total. The van der Waals surface area contributed by atoms with Crippen molar-refractivity contribution in [2.24, 2.45) is 0 Å². The van der Waals surface area contributed by atoms with Gasteiger partial charge in [-0.3, -0.25) is 4.79 Å². The first kappa shape index (κ1) is 12.9. The molecular formula is C13H15NO3S. The van der Waals surface area contributed by atoms with Crippen LogP contribution in [0.25, 0.3) is 0 Å². The van der Waals surface area contributed by atoms with Crippen LogP contribution in [0.2, 0.25) is 0 Å². The Morgan fingerprint density at radius 1 is 1.50 bits per heavy atom. The highest BCUT2D eigenvalue weighted by Gasteiger charge is 2.07. The molecule has 0 aliphatic heterocycles. The smallest absolute Gasteiger partial charge is 0.254 e. The van der Waals surface area contributed by atoms with E-state index in [0.717, 1.165) is 16.2 Å². The molecule has 2 aromatic heterocycles. The molecule has 0 fully saturated rings. The maximum absolute atomic E-state index is 11.6. The van der Waals surface area contributed by atoms with Gasteiger partial charge in [-0.15, -0.1) is 11.3 Å². The van der Waals surface area contributed by atoms with Crippen molar-refractivity contribution >= 4 is 17.2 Å². The molecule has 2 heterocycles. The minimum absolute atomic E-state index is 0.129. The van der Waals surface area contributed by atoms with E-state index in [1.165, 1.54) is 12.5 Å². The highest BCUT2D eigenvalue weighted by Crippen LogP contribution is 2.22. The lowest BCUT2D eigenvalue weighted by atomic mass is 10.3. The fourth-order valence-electron chi connectivity index (χ4n) is 1.55. The van der Waals surface area contributed by atoms with Gasteiger partial charge in [0.15, 0.2) is 0 Å². The predicted molar refractivity (Wildman–Crippen MR) is 69.7 cm³/mol. The summed E-state index contributed by atoms with van der Waals surface area (Å²) in [5.74, 6) is -0.129. The summed E-state index contributed by atoms with van der Waals surface area (Å²) in [6, 6.07) is 5.53. The molecule has 2 aromatic rings. The standard InChI is InChI=1S/C13H15NO3S/c1-9(15)12-3-2-11(18-12)4-6-14-13(16)10-5-7-17-8-10/h2-3,5,7-9,15H,4,6H2,1H3,(H,14,16)/t9-/m0/s1. The van der Waals surface area contributed by atoms with Crippen molar-refractivity contribution < 1.29 is 14.3 Å². The molecule has 0 radical (unpaired) electrons. The van der Waals surface area contributed by atoms with Gasteiger partial charge in [0.05, 0.1) is 17.9 Å². The average Bonchev–Trinajstić information content (AvgIpc) is 3.00. The van der Waals surface area contributed by atoms with Crippen molar-refractivity contribution in [3.8, 4) is 0 Å². The average molecular weight is 265 g/mol. The second kappa shape index (κ2) is 5.84. The van der Waals surface area contributed by atoms with Crippen molar-refractivity contribution in [2.75, 3.05) is 6.54 Å². The van der Waals surface area contributed by atoms with Crippen LogP contribution >= 0.6 is 11.3 Å². The minimum atomic E-state index is -0.427. The summed E-state index contributed by atoms with van der Waals surface area (Å²) in [5.41, 5.74) is 0.533. The minimum Gasteiger partial charge on any atom is -0.472 e. The SMILES string of the molecule is C[C@H](O)c1ccc(CCNC(=O)c2ccoc2)s1. The van der Waals surface area contributed by atoms with E-state index >= 15 is 0 Å². The lowest BCUT2D eigenvalue weighted by Gasteiger charge is -2.02. The van der Waals surface area contributed by atoms with Crippen molar-refractivity contribution in [3.05, 3.63) is 46.0 Å². The Labute approximate surface area is 109 Å². The molecular weight excluding hydrogens is 250 g/mol. The Balaban J connectivity index is 1.79. The van der Waals surface area contributed by atoms with E-state index in [1.807, 2.05) is 12.1 Å². The third kappa shape index (κ3) is 3.21. The van der Waals surface area contributed by atoms with Gasteiger partial charge in [0.25, 0.3) is 5.91 Å². The normalized spacial score (nSPS) is 12.3. The van der Waals surface area contributed by atoms with Gasteiger partial charge in [-0.05, 0) is 31.5 Å². The molecule has 0 saturated heterocycles. The number of amides is 1. The molecule has 2 N–H and O–H groups in total. The van der Waals surface area contributed by atoms with Gasteiger partial charge in [0, 0.05) is 16.3 Å². The molecule has 0 aliphatic rings. The number of thiophene rings is 1. The molecule has 96 valence electrons. The van der Waals surface area contributed by atoms with Gasteiger partial charge < -0.3 is 14.8 Å². The largest absolute Gasteiger partial charge is 0.472 e. The van der Waals surface area contributed by atoms with Crippen LogP contribution in [-0.2, 0) is 6.42 Å². The van der Waals surface area contributed by atoms with E-state index in [2.05, 4.69) is 5.32 Å². The lowest BCUT2D eigenvalue weighted by molar-refractivity contribution is 0.0953. The second-order valence-corrected chi connectivity index (χ2v) is 5.20. The monoisotopic (exact) mass is 265 g/mol. The van der Waals surface area contributed by atoms with Crippen LogP contribution in [0.3, 0.4) is 0 Å². The van der Waals surface area contributed by atoms with E-state index in [0.29, 0.717) is 12.1 Å². The number of aliphatic hydroxyl groups is 1. The van der Waals surface area contributed by atoms with E-state index in [4.69, 9.17) is 4.42 Å². The van der Waals surface area contributed by atoms with Crippen LogP contribution in [-0.4, -0.2) is 17.6 Å². The predicted octanol–water partition coefficient (Wildman–Crippen LogP) is 2.37. The van der Waals surface area contributed by atoms with Crippen molar-refractivity contribution in [2.45, 2.75) is 19.4 Å². The number of hydrogen-bond acceptors (Lipinski definition) is 4. The summed E-state index contributed by atoms with van der Waals surface area (Å²) < 4.78 is 4.84. The van der Waals surface area contributed by atoms with Crippen LogP contribution < -0.4 is 5.32 Å². The van der Waals surface area contributed by atoms with E-state index < -0.39 is 6.10 Å². The number of aliphatic hydroxyl groups excluding tert-OH is 1. The molecule has 0 aromatic carbocycles. The summed E-state index contributed by atoms with van der Waals surface area (Å²) in [5, 5.41) is 12.2. The van der Waals surface area contributed by atoms with Crippen LogP contribution in [0.5, 0.6) is 0 Å². The quantitative estimate of drug-likeness (QED) is 0.872. The fourth-order valence-corrected chi connectivity index (χ4v) is 2.50. The lowest BCUT2D eigenvalue weighted by Crippen LogP contribution is -2.24. The Kier molecular flexibility index (Phi) is 4.17. The zero-order valence-electron chi connectivity index (χ0n) is 10.1. The highest BCUT2D eigenvalue weighted by atomic mass is 32.1. The van der Waals surface area contributed by atoms with Gasteiger partial charge in [-0.25, -0.2) is 0 Å². The van der Waals surface area contributed by atoms with Gasteiger partial charge in [-0.2, -0.15) is 0 Å². The van der Waals surface area contributed by atoms with Crippen molar-refractivity contribution in [1.29, 1.82) is 0 Å². The summed E-state index contributed by atoms with van der Waals surface area (Å²) in [4.78, 5) is 13.7. The van der Waals surface area contributed by atoms with Crippen LogP contribution in [0.15, 0.2) is 35.1 Å². The van der Waals surface area contributed by atoms with Gasteiger partial charge in [0.2, 0.25) is 0 Å². The number of furan rings is 1. The Hall–Kier alpha value is -1.59. The molecule has 0 saturated carbocycles. The first-order valence-electron chi connectivity index (χ1n) is 5.74. The van der Waals surface area contributed by atoms with E-state index in [9.17, 15) is 9.90 Å². The Morgan fingerprint density at radius 2 is 2.33 bits per heavy atom. The van der Waals surface area contributed by atoms with Crippen LogP contribution in [0.4, 0.5) is 0 Å². The number of carbonyl (C=O) groups excluding carboxylic acids is 1. The molecule has 2 rings (SSSR count). The number of rotatable bonds is 5. The zero-order valence-corrected chi connectivity index (χ0v) is 10.9. The topological polar surface area (TPSA) is 62.5 Å². The van der Waals surface area contributed by atoms with Gasteiger partial charge in [-0.1, -0.05) is 0 Å². The number of carbonyl (C=O) groups is 1. The first-order chi connectivity index (χ1) is 8.66. The molecule has 18 heavy (non-hydrogen) atoms. The molecule has 1 amide bonds. The van der Waals surface area contributed by atoms with Crippen LogP contribution in [0.1, 0.15) is 33.1 Å². The molecule has 0 aliphatic carbocycles. The highest BCUT2D eigenvalue weighted by molar-refractivity contribution is 7.12. The summed E-state index contributed by atoms with van der Waals surface area (Å²) in [6.07, 6.45) is 3.24. The second-order valence-electron chi connectivity index (χ2n) is 4.00. The number of nitrogens with one attached hydrogen (secondary N) is 1.